The van der Waals surface area contributed by atoms with Crippen LogP contribution in [0.3, 0.4) is 0 Å². The molecule has 1 amide bonds. The number of esters is 1. The highest BCUT2D eigenvalue weighted by Crippen LogP contribution is 2.25. The van der Waals surface area contributed by atoms with Gasteiger partial charge in [0, 0.05) is 26.2 Å². The average Bonchev–Trinajstić information content (AvgIpc) is 2.79. The van der Waals surface area contributed by atoms with Crippen LogP contribution in [0.15, 0.2) is 30.3 Å². The predicted molar refractivity (Wildman–Crippen MR) is 114 cm³/mol. The number of piperidine rings is 2. The van der Waals surface area contributed by atoms with Crippen molar-refractivity contribution in [2.45, 2.75) is 38.5 Å². The molecule has 0 bridgehead atoms. The number of carbonyl (C=O) groups is 2. The van der Waals surface area contributed by atoms with E-state index in [0.29, 0.717) is 51.7 Å². The fourth-order valence-electron chi connectivity index (χ4n) is 4.39. The minimum Gasteiger partial charge on any atom is -0.469 e. The molecule has 0 saturated carbocycles. The number of rotatable bonds is 7. The van der Waals surface area contributed by atoms with Gasteiger partial charge in [0.15, 0.2) is 0 Å². The Morgan fingerprint density at radius 2 is 1.73 bits per heavy atom. The van der Waals surface area contributed by atoms with Gasteiger partial charge >= 0.3 is 5.97 Å². The Morgan fingerprint density at radius 3 is 2.40 bits per heavy atom. The number of carbonyl (C=O) groups excluding carboxylic acids is 2. The monoisotopic (exact) mass is 436 g/mol. The molecular weight excluding hydrogens is 404 g/mol. The molecule has 0 aliphatic carbocycles. The van der Waals surface area contributed by atoms with Crippen LogP contribution in [-0.4, -0.2) is 68.5 Å². The molecule has 30 heavy (non-hydrogen) atoms. The Kier molecular flexibility index (Phi) is 7.88. The smallest absolute Gasteiger partial charge is 0.308 e. The minimum atomic E-state index is -3.37. The number of hydrogen-bond donors (Lipinski definition) is 0. The molecular formula is C22H32N2O5S. The van der Waals surface area contributed by atoms with Crippen LogP contribution in [0.5, 0.6) is 0 Å². The Balaban J connectivity index is 1.50. The highest BCUT2D eigenvalue weighted by molar-refractivity contribution is 7.89. The first-order valence-corrected chi connectivity index (χ1v) is 12.4. The van der Waals surface area contributed by atoms with Gasteiger partial charge in [-0.1, -0.05) is 30.3 Å². The van der Waals surface area contributed by atoms with Gasteiger partial charge < -0.3 is 9.64 Å². The van der Waals surface area contributed by atoms with E-state index in [1.54, 1.807) is 4.90 Å². The number of methoxy groups -OCH3 is 1. The largest absolute Gasteiger partial charge is 0.469 e. The second-order valence-corrected chi connectivity index (χ2v) is 10.3. The molecule has 1 atom stereocenters. The van der Waals surface area contributed by atoms with Crippen LogP contribution < -0.4 is 0 Å². The summed E-state index contributed by atoms with van der Waals surface area (Å²) in [5.74, 6) is -0.535. The summed E-state index contributed by atoms with van der Waals surface area (Å²) in [5.41, 5.74) is 1.13. The topological polar surface area (TPSA) is 84.0 Å². The van der Waals surface area contributed by atoms with E-state index >= 15 is 0 Å². The third-order valence-corrected chi connectivity index (χ3v) is 8.10. The SMILES string of the molecule is COC(=O)C1CCN(C(=O)C2CCCN(S(=O)(=O)CCCc3ccccc3)C2)CC1. The lowest BCUT2D eigenvalue weighted by molar-refractivity contribution is -0.149. The zero-order valence-electron chi connectivity index (χ0n) is 17.7. The average molecular weight is 437 g/mol. The number of benzene rings is 1. The lowest BCUT2D eigenvalue weighted by Crippen LogP contribution is -2.49. The van der Waals surface area contributed by atoms with E-state index in [1.165, 1.54) is 11.4 Å². The molecule has 1 unspecified atom stereocenters. The first kappa shape index (κ1) is 22.7. The predicted octanol–water partition coefficient (Wildman–Crippen LogP) is 2.07. The summed E-state index contributed by atoms with van der Waals surface area (Å²) in [7, 11) is -1.99. The van der Waals surface area contributed by atoms with Crippen LogP contribution in [-0.2, 0) is 30.8 Å². The van der Waals surface area contributed by atoms with E-state index in [4.69, 9.17) is 4.74 Å². The molecule has 2 saturated heterocycles. The molecule has 1 aromatic carbocycles. The van der Waals surface area contributed by atoms with Gasteiger partial charge in [0.2, 0.25) is 15.9 Å². The Hall–Kier alpha value is -1.93. The molecule has 0 aromatic heterocycles. The molecule has 2 heterocycles. The Morgan fingerprint density at radius 1 is 1.03 bits per heavy atom. The van der Waals surface area contributed by atoms with Gasteiger partial charge in [0.25, 0.3) is 0 Å². The van der Waals surface area contributed by atoms with Crippen molar-refractivity contribution in [2.75, 3.05) is 39.0 Å². The normalized spacial score (nSPS) is 21.4. The lowest BCUT2D eigenvalue weighted by Gasteiger charge is -2.37. The summed E-state index contributed by atoms with van der Waals surface area (Å²) in [6, 6.07) is 9.87. The van der Waals surface area contributed by atoms with E-state index < -0.39 is 10.0 Å². The maximum Gasteiger partial charge on any atom is 0.308 e. The fourth-order valence-corrected chi connectivity index (χ4v) is 5.97. The van der Waals surface area contributed by atoms with E-state index in [2.05, 4.69) is 0 Å². The Bertz CT molecular complexity index is 819. The number of amides is 1. The van der Waals surface area contributed by atoms with Crippen LogP contribution in [0.2, 0.25) is 0 Å². The number of nitrogens with zero attached hydrogens (tertiary/aromatic N) is 2. The van der Waals surface area contributed by atoms with Crippen molar-refractivity contribution < 1.29 is 22.7 Å². The molecule has 7 nitrogen and oxygen atoms in total. The number of ether oxygens (including phenoxy) is 1. The zero-order chi connectivity index (χ0) is 21.6. The van der Waals surface area contributed by atoms with Gasteiger partial charge in [-0.2, -0.15) is 0 Å². The van der Waals surface area contributed by atoms with Gasteiger partial charge in [0.1, 0.15) is 0 Å². The number of likely N-dealkylation sites (tertiary alicyclic amines) is 1. The summed E-state index contributed by atoms with van der Waals surface area (Å²) in [6.45, 7) is 1.81. The third-order valence-electron chi connectivity index (χ3n) is 6.18. The minimum absolute atomic E-state index is 0.0162. The van der Waals surface area contributed by atoms with Gasteiger partial charge in [-0.3, -0.25) is 9.59 Å². The van der Waals surface area contributed by atoms with Crippen LogP contribution in [0.1, 0.15) is 37.7 Å². The molecule has 166 valence electrons. The highest BCUT2D eigenvalue weighted by Gasteiger charge is 2.36. The molecule has 3 rings (SSSR count). The van der Waals surface area contributed by atoms with E-state index in [1.807, 2.05) is 30.3 Å². The lowest BCUT2D eigenvalue weighted by atomic mass is 9.93. The van der Waals surface area contributed by atoms with Crippen molar-refractivity contribution in [1.29, 1.82) is 0 Å². The molecule has 2 aliphatic rings. The van der Waals surface area contributed by atoms with E-state index in [0.717, 1.165) is 12.0 Å². The van der Waals surface area contributed by atoms with Crippen molar-refractivity contribution in [3.05, 3.63) is 35.9 Å². The molecule has 1 aromatic rings. The van der Waals surface area contributed by atoms with Crippen LogP contribution >= 0.6 is 0 Å². The second-order valence-electron chi connectivity index (χ2n) is 8.23. The standard InChI is InChI=1S/C22H32N2O5S/c1-29-22(26)19-11-14-23(15-12-19)21(25)20-10-5-13-24(17-20)30(27,28)16-6-9-18-7-3-2-4-8-18/h2-4,7-8,19-20H,5-6,9-17H2,1H3. The van der Waals surface area contributed by atoms with Crippen molar-refractivity contribution in [3.63, 3.8) is 0 Å². The van der Waals surface area contributed by atoms with Crippen molar-refractivity contribution in [1.82, 2.24) is 9.21 Å². The summed E-state index contributed by atoms with van der Waals surface area (Å²) < 4.78 is 31.9. The fraction of sp³-hybridized carbons (Fsp3) is 0.636. The summed E-state index contributed by atoms with van der Waals surface area (Å²) in [6.07, 6.45) is 3.92. The van der Waals surface area contributed by atoms with Crippen molar-refractivity contribution >= 4 is 21.9 Å². The summed E-state index contributed by atoms with van der Waals surface area (Å²) in [4.78, 5) is 26.4. The van der Waals surface area contributed by atoms with Gasteiger partial charge in [-0.05, 0) is 44.1 Å². The maximum absolute atomic E-state index is 13.0. The van der Waals surface area contributed by atoms with E-state index in [9.17, 15) is 18.0 Å². The zero-order valence-corrected chi connectivity index (χ0v) is 18.5. The number of aryl methyl sites for hydroxylation is 1. The molecule has 0 spiro atoms. The molecule has 0 N–H and O–H groups in total. The molecule has 2 fully saturated rings. The van der Waals surface area contributed by atoms with Crippen LogP contribution in [0.4, 0.5) is 0 Å². The Labute approximate surface area is 179 Å². The van der Waals surface area contributed by atoms with Gasteiger partial charge in [-0.25, -0.2) is 12.7 Å². The number of hydrogen-bond acceptors (Lipinski definition) is 5. The third kappa shape index (κ3) is 5.82. The van der Waals surface area contributed by atoms with Gasteiger partial charge in [0.05, 0.1) is 24.7 Å². The first-order valence-electron chi connectivity index (χ1n) is 10.8. The second kappa shape index (κ2) is 10.4. The first-order chi connectivity index (χ1) is 14.4. The van der Waals surface area contributed by atoms with Crippen LogP contribution in [0, 0.1) is 11.8 Å². The maximum atomic E-state index is 13.0. The quantitative estimate of drug-likeness (QED) is 0.611. The summed E-state index contributed by atoms with van der Waals surface area (Å²) >= 11 is 0. The number of sulfonamides is 1. The van der Waals surface area contributed by atoms with E-state index in [-0.39, 0.29) is 36.0 Å². The molecule has 0 radical (unpaired) electrons. The van der Waals surface area contributed by atoms with Crippen molar-refractivity contribution in [3.8, 4) is 0 Å². The van der Waals surface area contributed by atoms with Crippen LogP contribution in [0.25, 0.3) is 0 Å². The molecule has 8 heteroatoms. The summed E-state index contributed by atoms with van der Waals surface area (Å²) in [5, 5.41) is 0. The van der Waals surface area contributed by atoms with Crippen molar-refractivity contribution in [2.24, 2.45) is 11.8 Å². The molecule has 2 aliphatic heterocycles. The highest BCUT2D eigenvalue weighted by atomic mass is 32.2. The van der Waals surface area contributed by atoms with Gasteiger partial charge in [-0.15, -0.1) is 0 Å².